The first-order valence-electron chi connectivity index (χ1n) is 21.6. The molecule has 60 heavy (non-hydrogen) atoms. The molecular formula is C56H45BN2S. The summed E-state index contributed by atoms with van der Waals surface area (Å²) in [5.41, 5.74) is 22.0. The van der Waals surface area contributed by atoms with Crippen molar-refractivity contribution in [3.63, 3.8) is 0 Å². The van der Waals surface area contributed by atoms with Crippen LogP contribution in [0.2, 0.25) is 0 Å². The van der Waals surface area contributed by atoms with E-state index in [0.29, 0.717) is 0 Å². The molecule has 3 aliphatic heterocycles. The fraction of sp³-hybridized carbons (Fsp3) is 0.143. The number of benzene rings is 8. The standard InChI is InChI=1S/C56H45BN2S/c1-5-6-18-36-28-29-48(42(30-36)37-19-8-7-9-20-37)58-50-34-53-43(40-22-12-15-27-52(40)60-53)33-47(50)57-54-44(31-38(32-51(54)58)39-21-11-10-17-35(39)2)41-23-16-25-46-55(41)59(57)49-26-14-13-24-45(49)56(46,3)4/h7-17,19-34H,5-6,18H2,1-4H3. The van der Waals surface area contributed by atoms with Crippen LogP contribution in [0.4, 0.5) is 28.4 Å². The lowest BCUT2D eigenvalue weighted by Crippen LogP contribution is -2.63. The summed E-state index contributed by atoms with van der Waals surface area (Å²) in [5.74, 6) is 0. The van der Waals surface area contributed by atoms with Gasteiger partial charge in [0.25, 0.3) is 0 Å². The molecule has 0 aliphatic carbocycles. The van der Waals surface area contributed by atoms with E-state index >= 15 is 0 Å². The monoisotopic (exact) mass is 788 g/mol. The van der Waals surface area contributed by atoms with Crippen LogP contribution in [0.15, 0.2) is 164 Å². The van der Waals surface area contributed by atoms with E-state index < -0.39 is 0 Å². The highest BCUT2D eigenvalue weighted by atomic mass is 32.1. The fourth-order valence-corrected chi connectivity index (χ4v) is 11.9. The summed E-state index contributed by atoms with van der Waals surface area (Å²) in [7, 11) is 0. The van der Waals surface area contributed by atoms with Crippen molar-refractivity contribution < 1.29 is 0 Å². The number of para-hydroxylation sites is 2. The third-order valence-corrected chi connectivity index (χ3v) is 14.9. The lowest BCUT2D eigenvalue weighted by molar-refractivity contribution is 0.634. The summed E-state index contributed by atoms with van der Waals surface area (Å²) in [5, 5.41) is 2.66. The minimum absolute atomic E-state index is 0.0508. The van der Waals surface area contributed by atoms with E-state index in [1.165, 1.54) is 128 Å². The third-order valence-electron chi connectivity index (χ3n) is 13.7. The molecule has 1 aromatic heterocycles. The zero-order chi connectivity index (χ0) is 40.3. The molecule has 8 aromatic carbocycles. The van der Waals surface area contributed by atoms with Crippen molar-refractivity contribution in [3.8, 4) is 33.4 Å². The molecule has 288 valence electrons. The van der Waals surface area contributed by atoms with Crippen molar-refractivity contribution in [3.05, 3.63) is 186 Å². The maximum Gasteiger partial charge on any atom is 0.333 e. The largest absolute Gasteiger partial charge is 0.376 e. The maximum absolute atomic E-state index is 2.73. The van der Waals surface area contributed by atoms with Gasteiger partial charge in [-0.25, -0.2) is 0 Å². The van der Waals surface area contributed by atoms with Gasteiger partial charge in [-0.05, 0) is 118 Å². The highest BCUT2D eigenvalue weighted by molar-refractivity contribution is 7.26. The van der Waals surface area contributed by atoms with E-state index in [9.17, 15) is 0 Å². The smallest absolute Gasteiger partial charge is 0.333 e. The second kappa shape index (κ2) is 13.3. The second-order valence-electron chi connectivity index (χ2n) is 17.5. The van der Waals surface area contributed by atoms with Crippen LogP contribution < -0.4 is 20.6 Å². The maximum atomic E-state index is 2.73. The van der Waals surface area contributed by atoms with Crippen molar-refractivity contribution in [2.45, 2.75) is 52.4 Å². The third kappa shape index (κ3) is 5.07. The van der Waals surface area contributed by atoms with Gasteiger partial charge in [-0.15, -0.1) is 11.3 Å². The number of aryl methyl sites for hydroxylation is 2. The van der Waals surface area contributed by atoms with Crippen LogP contribution in [-0.2, 0) is 11.8 Å². The summed E-state index contributed by atoms with van der Waals surface area (Å²) >= 11 is 1.91. The molecule has 9 aromatic rings. The van der Waals surface area contributed by atoms with Crippen molar-refractivity contribution in [2.75, 3.05) is 9.71 Å². The Labute approximate surface area is 357 Å². The van der Waals surface area contributed by atoms with Gasteiger partial charge in [0.05, 0.1) is 5.69 Å². The molecule has 2 nitrogen and oxygen atoms in total. The van der Waals surface area contributed by atoms with E-state index in [4.69, 9.17) is 0 Å². The highest BCUT2D eigenvalue weighted by Crippen LogP contribution is 2.57. The molecule has 0 bridgehead atoms. The Morgan fingerprint density at radius 2 is 1.32 bits per heavy atom. The minimum Gasteiger partial charge on any atom is -0.376 e. The lowest BCUT2D eigenvalue weighted by atomic mass is 9.42. The van der Waals surface area contributed by atoms with Gasteiger partial charge in [0.2, 0.25) is 0 Å². The average molecular weight is 789 g/mol. The highest BCUT2D eigenvalue weighted by Gasteiger charge is 2.50. The molecule has 0 spiro atoms. The van der Waals surface area contributed by atoms with Gasteiger partial charge in [0.1, 0.15) is 0 Å². The van der Waals surface area contributed by atoms with Gasteiger partial charge in [0.15, 0.2) is 0 Å². The Balaban J connectivity index is 1.25. The first-order chi connectivity index (χ1) is 29.4. The molecule has 3 aliphatic rings. The Kier molecular flexibility index (Phi) is 7.90. The minimum atomic E-state index is -0.173. The number of rotatable bonds is 6. The van der Waals surface area contributed by atoms with Crippen LogP contribution in [0.3, 0.4) is 0 Å². The van der Waals surface area contributed by atoms with E-state index in [2.05, 4.69) is 201 Å². The molecule has 4 heteroatoms. The molecule has 12 rings (SSSR count). The first-order valence-corrected chi connectivity index (χ1v) is 22.4. The number of fused-ring (bicyclic) bond motifs is 9. The molecule has 0 radical (unpaired) electrons. The Morgan fingerprint density at radius 3 is 2.18 bits per heavy atom. The van der Waals surface area contributed by atoms with E-state index in [1.807, 2.05) is 11.3 Å². The van der Waals surface area contributed by atoms with Crippen molar-refractivity contribution in [2.24, 2.45) is 0 Å². The van der Waals surface area contributed by atoms with Gasteiger partial charge < -0.3 is 9.71 Å². The molecule has 0 atom stereocenters. The summed E-state index contributed by atoms with van der Waals surface area (Å²) < 4.78 is 2.64. The number of hydrogen-bond donors (Lipinski definition) is 0. The predicted octanol–water partition coefficient (Wildman–Crippen LogP) is 14.4. The van der Waals surface area contributed by atoms with Gasteiger partial charge in [-0.1, -0.05) is 149 Å². The molecule has 0 unspecified atom stereocenters. The number of thiophene rings is 1. The quantitative estimate of drug-likeness (QED) is 0.155. The summed E-state index contributed by atoms with van der Waals surface area (Å²) in [6, 6.07) is 62.6. The van der Waals surface area contributed by atoms with Crippen LogP contribution in [0.5, 0.6) is 0 Å². The van der Waals surface area contributed by atoms with Gasteiger partial charge in [-0.3, -0.25) is 0 Å². The fourth-order valence-electron chi connectivity index (χ4n) is 10.8. The van der Waals surface area contributed by atoms with Crippen LogP contribution in [0.1, 0.15) is 55.9 Å². The molecule has 0 fully saturated rings. The molecule has 0 amide bonds. The normalized spacial score (nSPS) is 14.2. The van der Waals surface area contributed by atoms with Gasteiger partial charge in [-0.2, -0.15) is 0 Å². The van der Waals surface area contributed by atoms with Crippen molar-refractivity contribution in [1.29, 1.82) is 0 Å². The Bertz CT molecular complexity index is 3210. The van der Waals surface area contributed by atoms with Crippen LogP contribution in [0.25, 0.3) is 53.6 Å². The van der Waals surface area contributed by atoms with Gasteiger partial charge in [0, 0.05) is 59.5 Å². The second-order valence-corrected chi connectivity index (χ2v) is 18.6. The van der Waals surface area contributed by atoms with Crippen molar-refractivity contribution in [1.82, 2.24) is 0 Å². The zero-order valence-corrected chi connectivity index (χ0v) is 35.4. The summed E-state index contributed by atoms with van der Waals surface area (Å²) in [4.78, 5) is 5.38. The SMILES string of the molecule is CCCCc1ccc(N2c3cc4sc5ccccc5c4cc3B3c4c(cc(-c5ccccc5C)cc42)-c2cccc4c2N3c2ccccc2C4(C)C)c(-c2ccccc2)c1. The number of anilines is 5. The molecule has 0 saturated carbocycles. The topological polar surface area (TPSA) is 6.48 Å². The van der Waals surface area contributed by atoms with E-state index in [0.717, 1.165) is 6.42 Å². The molecule has 4 heterocycles. The summed E-state index contributed by atoms with van der Waals surface area (Å²) in [6.07, 6.45) is 3.42. The number of hydrogen-bond acceptors (Lipinski definition) is 3. The van der Waals surface area contributed by atoms with Crippen molar-refractivity contribution >= 4 is 77.7 Å². The number of unbranched alkanes of at least 4 members (excludes halogenated alkanes) is 1. The summed E-state index contributed by atoms with van der Waals surface area (Å²) in [6.45, 7) is 9.32. The van der Waals surface area contributed by atoms with Crippen LogP contribution in [0, 0.1) is 6.92 Å². The van der Waals surface area contributed by atoms with Gasteiger partial charge >= 0.3 is 6.85 Å². The molecule has 0 N–H and O–H groups in total. The predicted molar refractivity (Wildman–Crippen MR) is 259 cm³/mol. The molecule has 0 saturated heterocycles. The Hall–Kier alpha value is -6.36. The lowest BCUT2D eigenvalue weighted by Gasteiger charge is -2.51. The Morgan fingerprint density at radius 1 is 0.550 bits per heavy atom. The first kappa shape index (κ1) is 35.6. The number of nitrogens with zero attached hydrogens (tertiary/aromatic N) is 2. The van der Waals surface area contributed by atoms with E-state index in [-0.39, 0.29) is 12.3 Å². The average Bonchev–Trinajstić information content (AvgIpc) is 3.65. The van der Waals surface area contributed by atoms with Crippen LogP contribution in [-0.4, -0.2) is 6.85 Å². The van der Waals surface area contributed by atoms with E-state index in [1.54, 1.807) is 0 Å². The molecular weight excluding hydrogens is 744 g/mol. The zero-order valence-electron chi connectivity index (χ0n) is 34.6. The van der Waals surface area contributed by atoms with Crippen LogP contribution >= 0.6 is 11.3 Å².